The van der Waals surface area contributed by atoms with E-state index in [4.69, 9.17) is 0 Å². The van der Waals surface area contributed by atoms with Crippen molar-refractivity contribution in [1.82, 2.24) is 9.97 Å². The van der Waals surface area contributed by atoms with Gasteiger partial charge in [-0.3, -0.25) is 0 Å². The van der Waals surface area contributed by atoms with Crippen molar-refractivity contribution in [2.75, 3.05) is 11.4 Å². The highest BCUT2D eigenvalue weighted by Crippen LogP contribution is 2.23. The van der Waals surface area contributed by atoms with Gasteiger partial charge in [-0.25, -0.2) is 14.8 Å². The van der Waals surface area contributed by atoms with Crippen LogP contribution in [0.15, 0.2) is 23.7 Å². The maximum atomic E-state index is 11.5. The van der Waals surface area contributed by atoms with Gasteiger partial charge in [0.2, 0.25) is 0 Å². The molecule has 1 N–H and O–H groups in total. The van der Waals surface area contributed by atoms with Crippen LogP contribution in [-0.2, 0) is 6.54 Å². The van der Waals surface area contributed by atoms with E-state index in [1.54, 1.807) is 17.5 Å². The van der Waals surface area contributed by atoms with Gasteiger partial charge in [0.25, 0.3) is 0 Å². The summed E-state index contributed by atoms with van der Waals surface area (Å²) in [6, 6.07) is 4.03. The molecule has 0 fully saturated rings. The average Bonchev–Trinajstić information content (AvgIpc) is 2.97. The first kappa shape index (κ1) is 15.4. The van der Waals surface area contributed by atoms with E-state index in [0.717, 1.165) is 0 Å². The first-order valence-electron chi connectivity index (χ1n) is 6.90. The van der Waals surface area contributed by atoms with Gasteiger partial charge in [-0.2, -0.15) is 0 Å². The topological polar surface area (TPSA) is 66.3 Å². The third-order valence-electron chi connectivity index (χ3n) is 3.16. The Morgan fingerprint density at radius 1 is 1.48 bits per heavy atom. The third kappa shape index (κ3) is 3.58. The first-order valence-corrected chi connectivity index (χ1v) is 7.78. The predicted molar refractivity (Wildman–Crippen MR) is 84.1 cm³/mol. The molecule has 0 saturated carbocycles. The fourth-order valence-corrected chi connectivity index (χ4v) is 2.73. The molecule has 0 spiro atoms. The standard InChI is InChI=1S/C15H19N3O2S/c1-4-18(9-11-6-5-7-21-11)12-8-16-14(10(2)3)17-13(12)15(19)20/h5-8,10H,4,9H2,1-3H3,(H,19,20). The molecule has 6 heteroatoms. The molecular formula is C15H19N3O2S. The summed E-state index contributed by atoms with van der Waals surface area (Å²) >= 11 is 1.65. The highest BCUT2D eigenvalue weighted by molar-refractivity contribution is 7.09. The Morgan fingerprint density at radius 2 is 2.24 bits per heavy atom. The second-order valence-corrected chi connectivity index (χ2v) is 6.05. The molecule has 2 heterocycles. The second-order valence-electron chi connectivity index (χ2n) is 5.02. The van der Waals surface area contributed by atoms with Crippen LogP contribution in [0.1, 0.15) is 47.9 Å². The number of carboxylic acid groups (broad SMARTS) is 1. The highest BCUT2D eigenvalue weighted by atomic mass is 32.1. The van der Waals surface area contributed by atoms with E-state index < -0.39 is 5.97 Å². The van der Waals surface area contributed by atoms with Gasteiger partial charge in [0.1, 0.15) is 5.82 Å². The van der Waals surface area contributed by atoms with Crippen molar-refractivity contribution in [2.45, 2.75) is 33.2 Å². The van der Waals surface area contributed by atoms with Crippen LogP contribution in [0, 0.1) is 0 Å². The lowest BCUT2D eigenvalue weighted by Crippen LogP contribution is -2.25. The fourth-order valence-electron chi connectivity index (χ4n) is 2.01. The largest absolute Gasteiger partial charge is 0.476 e. The second kappa shape index (κ2) is 6.67. The van der Waals surface area contributed by atoms with Crippen LogP contribution in [0.5, 0.6) is 0 Å². The minimum absolute atomic E-state index is 0.0760. The van der Waals surface area contributed by atoms with E-state index in [-0.39, 0.29) is 11.6 Å². The zero-order chi connectivity index (χ0) is 15.4. The molecule has 0 saturated heterocycles. The molecule has 0 aromatic carbocycles. The summed E-state index contributed by atoms with van der Waals surface area (Å²) in [7, 11) is 0. The lowest BCUT2D eigenvalue weighted by atomic mass is 10.2. The number of aromatic carboxylic acids is 1. The van der Waals surface area contributed by atoms with Crippen LogP contribution in [0.3, 0.4) is 0 Å². The Hall–Kier alpha value is -1.95. The zero-order valence-electron chi connectivity index (χ0n) is 12.4. The van der Waals surface area contributed by atoms with E-state index in [9.17, 15) is 9.90 Å². The summed E-state index contributed by atoms with van der Waals surface area (Å²) in [6.45, 7) is 7.25. The van der Waals surface area contributed by atoms with Gasteiger partial charge >= 0.3 is 5.97 Å². The summed E-state index contributed by atoms with van der Waals surface area (Å²) in [4.78, 5) is 23.2. The Bertz CT molecular complexity index is 611. The number of nitrogens with zero attached hydrogens (tertiary/aromatic N) is 3. The number of hydrogen-bond acceptors (Lipinski definition) is 5. The van der Waals surface area contributed by atoms with Gasteiger partial charge in [0.15, 0.2) is 5.69 Å². The Balaban J connectivity index is 2.38. The van der Waals surface area contributed by atoms with E-state index in [2.05, 4.69) is 9.97 Å². The molecule has 0 amide bonds. The summed E-state index contributed by atoms with van der Waals surface area (Å²) in [6.07, 6.45) is 1.63. The van der Waals surface area contributed by atoms with Gasteiger partial charge in [-0.15, -0.1) is 11.3 Å². The van der Waals surface area contributed by atoms with Crippen LogP contribution in [0.4, 0.5) is 5.69 Å². The SMILES string of the molecule is CCN(Cc1cccs1)c1cnc(C(C)C)nc1C(=O)O. The maximum absolute atomic E-state index is 11.5. The molecule has 0 aliphatic carbocycles. The summed E-state index contributed by atoms with van der Waals surface area (Å²) in [5.41, 5.74) is 0.648. The summed E-state index contributed by atoms with van der Waals surface area (Å²) in [5.74, 6) is -0.355. The summed E-state index contributed by atoms with van der Waals surface area (Å²) < 4.78 is 0. The lowest BCUT2D eigenvalue weighted by molar-refractivity contribution is 0.0690. The molecule has 0 unspecified atom stereocenters. The van der Waals surface area contributed by atoms with Crippen LogP contribution in [0.2, 0.25) is 0 Å². The van der Waals surface area contributed by atoms with Crippen LogP contribution >= 0.6 is 11.3 Å². The summed E-state index contributed by atoms with van der Waals surface area (Å²) in [5, 5.41) is 11.4. The number of carbonyl (C=O) groups is 1. The monoisotopic (exact) mass is 305 g/mol. The van der Waals surface area contributed by atoms with Crippen molar-refractivity contribution in [1.29, 1.82) is 0 Å². The normalized spacial score (nSPS) is 10.9. The number of carboxylic acids is 1. The first-order chi connectivity index (χ1) is 10.0. The van der Waals surface area contributed by atoms with Gasteiger partial charge in [0, 0.05) is 17.3 Å². The van der Waals surface area contributed by atoms with E-state index in [1.165, 1.54) is 4.88 Å². The minimum Gasteiger partial charge on any atom is -0.476 e. The molecule has 21 heavy (non-hydrogen) atoms. The van der Waals surface area contributed by atoms with Gasteiger partial charge in [0.05, 0.1) is 18.4 Å². The van der Waals surface area contributed by atoms with E-state index in [0.29, 0.717) is 24.6 Å². The smallest absolute Gasteiger partial charge is 0.356 e. The van der Waals surface area contributed by atoms with Crippen molar-refractivity contribution in [2.24, 2.45) is 0 Å². The van der Waals surface area contributed by atoms with Crippen molar-refractivity contribution in [3.05, 3.63) is 40.1 Å². The highest BCUT2D eigenvalue weighted by Gasteiger charge is 2.20. The quantitative estimate of drug-likeness (QED) is 0.886. The molecular weight excluding hydrogens is 286 g/mol. The van der Waals surface area contributed by atoms with Crippen molar-refractivity contribution in [3.8, 4) is 0 Å². The molecule has 2 aromatic rings. The molecule has 0 atom stereocenters. The lowest BCUT2D eigenvalue weighted by Gasteiger charge is -2.23. The minimum atomic E-state index is -1.01. The van der Waals surface area contributed by atoms with Gasteiger partial charge < -0.3 is 10.0 Å². The van der Waals surface area contributed by atoms with E-state index >= 15 is 0 Å². The number of anilines is 1. The van der Waals surface area contributed by atoms with Crippen molar-refractivity contribution < 1.29 is 9.90 Å². The third-order valence-corrected chi connectivity index (χ3v) is 4.02. The number of thiophene rings is 1. The Labute approximate surface area is 128 Å². The number of hydrogen-bond donors (Lipinski definition) is 1. The predicted octanol–water partition coefficient (Wildman–Crippen LogP) is 3.39. The van der Waals surface area contributed by atoms with Crippen LogP contribution in [-0.4, -0.2) is 27.6 Å². The maximum Gasteiger partial charge on any atom is 0.356 e. The van der Waals surface area contributed by atoms with Crippen LogP contribution < -0.4 is 4.90 Å². The van der Waals surface area contributed by atoms with Crippen molar-refractivity contribution >= 4 is 23.0 Å². The van der Waals surface area contributed by atoms with Crippen molar-refractivity contribution in [3.63, 3.8) is 0 Å². The molecule has 0 radical (unpaired) electrons. The van der Waals surface area contributed by atoms with Gasteiger partial charge in [-0.1, -0.05) is 19.9 Å². The number of aromatic nitrogens is 2. The van der Waals surface area contributed by atoms with E-state index in [1.807, 2.05) is 43.2 Å². The Kier molecular flexibility index (Phi) is 4.90. The molecule has 0 aliphatic rings. The Morgan fingerprint density at radius 3 is 2.76 bits per heavy atom. The van der Waals surface area contributed by atoms with Gasteiger partial charge in [-0.05, 0) is 18.4 Å². The molecule has 5 nitrogen and oxygen atoms in total. The molecule has 112 valence electrons. The number of rotatable bonds is 6. The van der Waals surface area contributed by atoms with Crippen LogP contribution in [0.25, 0.3) is 0 Å². The fraction of sp³-hybridized carbons (Fsp3) is 0.400. The zero-order valence-corrected chi connectivity index (χ0v) is 13.2. The molecule has 2 rings (SSSR count). The molecule has 0 bridgehead atoms. The average molecular weight is 305 g/mol. The molecule has 2 aromatic heterocycles. The molecule has 0 aliphatic heterocycles.